The SMILES string of the molecule is O=C([O-])[O-].[Li+].[Na+]. The fourth-order valence-electron chi connectivity index (χ4n) is 0. The van der Waals surface area contributed by atoms with Crippen LogP contribution in [0, 0.1) is 0 Å². The third kappa shape index (κ3) is 96.8. The van der Waals surface area contributed by atoms with E-state index in [1.54, 1.807) is 0 Å². The van der Waals surface area contributed by atoms with Crippen molar-refractivity contribution < 1.29 is 63.4 Å². The predicted molar refractivity (Wildman–Crippen MR) is 5.40 cm³/mol. The summed E-state index contributed by atoms with van der Waals surface area (Å²) in [7, 11) is 0. The Morgan fingerprint density at radius 1 is 1.33 bits per heavy atom. The van der Waals surface area contributed by atoms with Gasteiger partial charge < -0.3 is 15.0 Å². The summed E-state index contributed by atoms with van der Waals surface area (Å²) in [4.78, 5) is 8.33. The van der Waals surface area contributed by atoms with Gasteiger partial charge in [-0.25, -0.2) is 0 Å². The van der Waals surface area contributed by atoms with Crippen LogP contribution in [0.2, 0.25) is 0 Å². The first-order chi connectivity index (χ1) is 1.73. The standard InChI is InChI=1S/CH2O3.Li.Na/c2-1(3)4;;/h(H2,2,3,4);;/q;2*+1/p-2. The van der Waals surface area contributed by atoms with Crippen LogP contribution in [0.25, 0.3) is 0 Å². The molecule has 6 heavy (non-hydrogen) atoms. The van der Waals surface area contributed by atoms with Gasteiger partial charge in [-0.15, -0.1) is 0 Å². The number of carbonyl (C=O) groups is 1. The van der Waals surface area contributed by atoms with Crippen LogP contribution in [-0.2, 0) is 0 Å². The third-order valence-corrected chi connectivity index (χ3v) is 0. The van der Waals surface area contributed by atoms with Crippen molar-refractivity contribution >= 4 is 6.16 Å². The Balaban J connectivity index is -0.0000000450. The second-order valence-electron chi connectivity index (χ2n) is 0.250. The molecule has 0 aromatic carbocycles. The maximum atomic E-state index is 8.33. The largest absolute Gasteiger partial charge is 1.00 e. The number of carbonyl (C=O) groups excluding carboxylic acids is 1. The molecule has 0 fully saturated rings. The average Bonchev–Trinajstić information content (AvgIpc) is 0.811. The van der Waals surface area contributed by atoms with Crippen molar-refractivity contribution in [1.29, 1.82) is 0 Å². The van der Waals surface area contributed by atoms with Gasteiger partial charge in [0.15, 0.2) is 0 Å². The van der Waals surface area contributed by atoms with Gasteiger partial charge in [-0.3, -0.25) is 0 Å². The molecule has 0 aromatic rings. The van der Waals surface area contributed by atoms with Crippen molar-refractivity contribution in [2.75, 3.05) is 0 Å². The molecule has 0 N–H and O–H groups in total. The summed E-state index contributed by atoms with van der Waals surface area (Å²) in [6.45, 7) is 0. The van der Waals surface area contributed by atoms with Gasteiger partial charge in [0.25, 0.3) is 0 Å². The van der Waals surface area contributed by atoms with Gasteiger partial charge in [0, 0.05) is 0 Å². The number of hydrogen-bond donors (Lipinski definition) is 0. The average molecular weight is 89.9 g/mol. The van der Waals surface area contributed by atoms with Crippen molar-refractivity contribution in [2.24, 2.45) is 0 Å². The van der Waals surface area contributed by atoms with E-state index in [0.717, 1.165) is 0 Å². The van der Waals surface area contributed by atoms with Gasteiger partial charge in [0.05, 0.1) is 0 Å². The number of rotatable bonds is 0. The fourth-order valence-corrected chi connectivity index (χ4v) is 0. The zero-order valence-corrected chi connectivity index (χ0v) is 5.72. The zero-order valence-electron chi connectivity index (χ0n) is 3.72. The van der Waals surface area contributed by atoms with Crippen LogP contribution in [0.3, 0.4) is 0 Å². The first kappa shape index (κ1) is 15.8. The van der Waals surface area contributed by atoms with E-state index < -0.39 is 6.16 Å². The first-order valence-corrected chi connectivity index (χ1v) is 0.612. The van der Waals surface area contributed by atoms with Crippen LogP contribution >= 0.6 is 0 Å². The topological polar surface area (TPSA) is 63.2 Å². The normalized spacial score (nSPS) is 4.00. The monoisotopic (exact) mass is 90.0 g/mol. The van der Waals surface area contributed by atoms with Crippen LogP contribution in [0.15, 0.2) is 0 Å². The third-order valence-electron chi connectivity index (χ3n) is 0. The molecule has 0 rings (SSSR count). The molecule has 0 radical (unpaired) electrons. The predicted octanol–water partition coefficient (Wildman–Crippen LogP) is -8.44. The second kappa shape index (κ2) is 9.29. The quantitative estimate of drug-likeness (QED) is 0.277. The Kier molecular flexibility index (Phi) is 24.5. The summed E-state index contributed by atoms with van der Waals surface area (Å²) in [6, 6.07) is 0. The Morgan fingerprint density at radius 3 is 1.33 bits per heavy atom. The Hall–Kier alpha value is 0.867. The van der Waals surface area contributed by atoms with Crippen molar-refractivity contribution in [3.8, 4) is 0 Å². The van der Waals surface area contributed by atoms with Gasteiger partial charge in [-0.1, -0.05) is 0 Å². The molecule has 0 atom stereocenters. The van der Waals surface area contributed by atoms with Crippen LogP contribution in [0.5, 0.6) is 0 Å². The summed E-state index contributed by atoms with van der Waals surface area (Å²) < 4.78 is 0. The molecule has 0 saturated carbocycles. The van der Waals surface area contributed by atoms with Crippen molar-refractivity contribution in [3.05, 3.63) is 0 Å². The summed E-state index contributed by atoms with van der Waals surface area (Å²) in [5.74, 6) is 0. The molecule has 0 spiro atoms. The number of hydrogen-bond acceptors (Lipinski definition) is 3. The molecule has 0 unspecified atom stereocenters. The van der Waals surface area contributed by atoms with E-state index in [-0.39, 0.29) is 48.4 Å². The van der Waals surface area contributed by atoms with E-state index in [1.165, 1.54) is 0 Å². The molecule has 3 nitrogen and oxygen atoms in total. The minimum atomic E-state index is -2.33. The first-order valence-electron chi connectivity index (χ1n) is 0.612. The molecule has 0 amide bonds. The molecule has 0 bridgehead atoms. The molecular weight excluding hydrogens is 89.9 g/mol. The van der Waals surface area contributed by atoms with Crippen LogP contribution in [0.1, 0.15) is 0 Å². The maximum absolute atomic E-state index is 8.33. The Morgan fingerprint density at radius 2 is 1.33 bits per heavy atom. The van der Waals surface area contributed by atoms with E-state index >= 15 is 0 Å². The zero-order chi connectivity index (χ0) is 3.58. The van der Waals surface area contributed by atoms with Crippen LogP contribution in [0.4, 0.5) is 4.79 Å². The molecule has 0 aliphatic heterocycles. The van der Waals surface area contributed by atoms with Crippen molar-refractivity contribution in [2.45, 2.75) is 0 Å². The fraction of sp³-hybridized carbons (Fsp3) is 0. The smallest absolute Gasteiger partial charge is 0.652 e. The van der Waals surface area contributed by atoms with Crippen molar-refractivity contribution in [3.63, 3.8) is 0 Å². The van der Waals surface area contributed by atoms with Crippen LogP contribution in [-0.4, -0.2) is 6.16 Å². The molecule has 0 aliphatic carbocycles. The van der Waals surface area contributed by atoms with Gasteiger partial charge >= 0.3 is 48.4 Å². The molecule has 0 aliphatic rings. The van der Waals surface area contributed by atoms with E-state index in [9.17, 15) is 0 Å². The van der Waals surface area contributed by atoms with Gasteiger partial charge in [-0.05, 0) is 6.16 Å². The van der Waals surface area contributed by atoms with E-state index in [4.69, 9.17) is 15.0 Å². The van der Waals surface area contributed by atoms with E-state index in [2.05, 4.69) is 0 Å². The number of carboxylic acid groups (broad SMARTS) is 2. The maximum Gasteiger partial charge on any atom is 1.00 e. The Labute approximate surface area is 69.2 Å². The second-order valence-corrected chi connectivity index (χ2v) is 0.250. The van der Waals surface area contributed by atoms with Gasteiger partial charge in [0.2, 0.25) is 0 Å². The minimum absolute atomic E-state index is 0. The molecular formula is CLiNaO3. The molecule has 0 aromatic heterocycles. The summed E-state index contributed by atoms with van der Waals surface area (Å²) in [5.41, 5.74) is 0. The summed E-state index contributed by atoms with van der Waals surface area (Å²) in [5, 5.41) is 16.7. The van der Waals surface area contributed by atoms with Crippen molar-refractivity contribution in [1.82, 2.24) is 0 Å². The Bertz CT molecular complexity index is 33.8. The summed E-state index contributed by atoms with van der Waals surface area (Å²) >= 11 is 0. The minimum Gasteiger partial charge on any atom is -0.652 e. The molecule has 0 saturated heterocycles. The molecule has 5 heteroatoms. The molecule has 0 heterocycles. The van der Waals surface area contributed by atoms with Gasteiger partial charge in [-0.2, -0.15) is 0 Å². The van der Waals surface area contributed by atoms with E-state index in [0.29, 0.717) is 0 Å². The van der Waals surface area contributed by atoms with Gasteiger partial charge in [0.1, 0.15) is 0 Å². The summed E-state index contributed by atoms with van der Waals surface area (Å²) in [6.07, 6.45) is -2.33. The molecule has 24 valence electrons. The van der Waals surface area contributed by atoms with E-state index in [1.807, 2.05) is 0 Å². The van der Waals surface area contributed by atoms with Crippen LogP contribution < -0.4 is 58.6 Å².